The van der Waals surface area contributed by atoms with Crippen molar-refractivity contribution in [2.24, 2.45) is 0 Å². The Morgan fingerprint density at radius 2 is 2.10 bits per heavy atom. The third kappa shape index (κ3) is 3.49. The number of anilines is 1. The predicted molar refractivity (Wildman–Crippen MR) is 105 cm³/mol. The molecule has 1 N–H and O–H groups in total. The van der Waals surface area contributed by atoms with Crippen LogP contribution in [0.2, 0.25) is 0 Å². The van der Waals surface area contributed by atoms with Gasteiger partial charge in [0.25, 0.3) is 0 Å². The first kappa shape index (κ1) is 18.3. The molecule has 1 atom stereocenters. The van der Waals surface area contributed by atoms with Crippen LogP contribution in [0, 0.1) is 0 Å². The van der Waals surface area contributed by atoms with E-state index in [9.17, 15) is 4.79 Å². The first-order chi connectivity index (χ1) is 14.7. The summed E-state index contributed by atoms with van der Waals surface area (Å²) in [5.41, 5.74) is 2.10. The van der Waals surface area contributed by atoms with E-state index in [2.05, 4.69) is 48.6 Å². The van der Waals surface area contributed by atoms with Gasteiger partial charge in [-0.3, -0.25) is 0 Å². The minimum atomic E-state index is -0.882. The van der Waals surface area contributed by atoms with Gasteiger partial charge in [0.2, 0.25) is 5.88 Å². The van der Waals surface area contributed by atoms with Crippen molar-refractivity contribution >= 4 is 17.6 Å². The number of ether oxygens (including phenoxy) is 1. The highest BCUT2D eigenvalue weighted by Gasteiger charge is 2.29. The van der Waals surface area contributed by atoms with Crippen LogP contribution in [0.25, 0.3) is 5.70 Å². The van der Waals surface area contributed by atoms with Gasteiger partial charge >= 0.3 is 6.09 Å². The smallest absolute Gasteiger partial charge is 0.407 e. The molecule has 1 unspecified atom stereocenters. The number of carbonyl (C=O) groups is 1. The zero-order chi connectivity index (χ0) is 20.5. The van der Waals surface area contributed by atoms with E-state index >= 15 is 0 Å². The molecule has 3 aliphatic rings. The second kappa shape index (κ2) is 7.58. The molecule has 30 heavy (non-hydrogen) atoms. The van der Waals surface area contributed by atoms with Gasteiger partial charge in [-0.2, -0.15) is 0 Å². The Morgan fingerprint density at radius 3 is 2.87 bits per heavy atom. The maximum atomic E-state index is 11.0. The van der Waals surface area contributed by atoms with E-state index < -0.39 is 6.09 Å². The first-order valence-corrected chi connectivity index (χ1v) is 9.75. The molecule has 2 aliphatic heterocycles. The topological polar surface area (TPSA) is 122 Å². The normalized spacial score (nSPS) is 21.3. The van der Waals surface area contributed by atoms with Gasteiger partial charge in [-0.1, -0.05) is 6.08 Å². The molecule has 11 heteroatoms. The molecule has 0 aromatic carbocycles. The summed E-state index contributed by atoms with van der Waals surface area (Å²) in [5.74, 6) is 1.26. The van der Waals surface area contributed by atoms with Gasteiger partial charge in [0.05, 0.1) is 11.7 Å². The molecule has 1 fully saturated rings. The Labute approximate surface area is 172 Å². The second-order valence-corrected chi connectivity index (χ2v) is 7.30. The fraction of sp³-hybridized carbons (Fsp3) is 0.368. The Hall–Kier alpha value is -3.76. The highest BCUT2D eigenvalue weighted by Crippen LogP contribution is 2.34. The van der Waals surface area contributed by atoms with Crippen molar-refractivity contribution in [3.63, 3.8) is 0 Å². The lowest BCUT2D eigenvalue weighted by molar-refractivity contribution is 0.0870. The summed E-state index contributed by atoms with van der Waals surface area (Å²) in [4.78, 5) is 23.2. The van der Waals surface area contributed by atoms with Gasteiger partial charge in [0, 0.05) is 38.2 Å². The van der Waals surface area contributed by atoms with E-state index in [-0.39, 0.29) is 12.1 Å². The molecular weight excluding hydrogens is 388 g/mol. The maximum Gasteiger partial charge on any atom is 0.407 e. The molecule has 11 nitrogen and oxygen atoms in total. The molecule has 0 saturated carbocycles. The Bertz CT molecular complexity index is 1020. The molecule has 1 amide bonds. The lowest BCUT2D eigenvalue weighted by Crippen LogP contribution is -2.41. The number of likely N-dealkylation sites (tertiary alicyclic amines) is 1. The van der Waals surface area contributed by atoms with E-state index in [1.807, 2.05) is 12.3 Å². The van der Waals surface area contributed by atoms with Crippen molar-refractivity contribution in [3.05, 3.63) is 48.7 Å². The summed E-state index contributed by atoms with van der Waals surface area (Å²) in [7, 11) is 0. The molecule has 5 rings (SSSR count). The largest absolute Gasteiger partial charge is 0.474 e. The van der Waals surface area contributed by atoms with Gasteiger partial charge in [-0.15, -0.1) is 5.10 Å². The fourth-order valence-electron chi connectivity index (χ4n) is 3.94. The van der Waals surface area contributed by atoms with Crippen LogP contribution in [-0.4, -0.2) is 71.5 Å². The Kier molecular flexibility index (Phi) is 4.62. The fourth-order valence-corrected chi connectivity index (χ4v) is 3.94. The minimum absolute atomic E-state index is 0.0515. The second-order valence-electron chi connectivity index (χ2n) is 7.30. The summed E-state index contributed by atoms with van der Waals surface area (Å²) >= 11 is 0. The average Bonchev–Trinajstić information content (AvgIpc) is 3.44. The molecule has 4 heterocycles. The van der Waals surface area contributed by atoms with E-state index in [4.69, 9.17) is 9.84 Å². The number of allylic oxidation sites excluding steroid dienone is 2. The summed E-state index contributed by atoms with van der Waals surface area (Å²) in [6, 6.07) is 1.98. The summed E-state index contributed by atoms with van der Waals surface area (Å²) in [6.07, 6.45) is 12.5. The van der Waals surface area contributed by atoms with Crippen molar-refractivity contribution in [2.45, 2.75) is 31.4 Å². The van der Waals surface area contributed by atoms with Crippen LogP contribution < -0.4 is 9.64 Å². The van der Waals surface area contributed by atoms with E-state index in [1.54, 1.807) is 11.0 Å². The summed E-state index contributed by atoms with van der Waals surface area (Å²) in [5, 5.41) is 20.4. The van der Waals surface area contributed by atoms with Crippen LogP contribution in [0.1, 0.15) is 19.3 Å². The number of carboxylic acid groups (broad SMARTS) is 1. The third-order valence-corrected chi connectivity index (χ3v) is 5.52. The number of piperidine rings is 1. The van der Waals surface area contributed by atoms with Crippen LogP contribution in [-0.2, 0) is 0 Å². The SMILES string of the molecule is O=C(O)N1CCC(Oc2cc(N3C=CC4=CC(n5cnnn5)=CCC43)ncn2)CC1. The number of tetrazole rings is 1. The molecule has 2 aromatic heterocycles. The highest BCUT2D eigenvalue weighted by atomic mass is 16.5. The third-order valence-electron chi connectivity index (χ3n) is 5.52. The Balaban J connectivity index is 1.26. The Morgan fingerprint density at radius 1 is 1.23 bits per heavy atom. The number of nitrogens with zero attached hydrogens (tertiary/aromatic N) is 8. The van der Waals surface area contributed by atoms with Crippen molar-refractivity contribution < 1.29 is 14.6 Å². The molecule has 1 saturated heterocycles. The lowest BCUT2D eigenvalue weighted by Gasteiger charge is -2.30. The quantitative estimate of drug-likeness (QED) is 0.803. The number of amides is 1. The van der Waals surface area contributed by atoms with Crippen molar-refractivity contribution in [2.75, 3.05) is 18.0 Å². The van der Waals surface area contributed by atoms with Crippen LogP contribution in [0.15, 0.2) is 48.7 Å². The van der Waals surface area contributed by atoms with Gasteiger partial charge in [-0.05, 0) is 34.6 Å². The molecular formula is C19H20N8O3. The minimum Gasteiger partial charge on any atom is -0.474 e. The molecule has 1 aliphatic carbocycles. The molecule has 0 bridgehead atoms. The van der Waals surface area contributed by atoms with Crippen LogP contribution in [0.5, 0.6) is 5.88 Å². The number of aromatic nitrogens is 6. The van der Waals surface area contributed by atoms with E-state index in [1.165, 1.54) is 11.2 Å². The van der Waals surface area contributed by atoms with Crippen molar-refractivity contribution in [1.29, 1.82) is 0 Å². The molecule has 2 aromatic rings. The van der Waals surface area contributed by atoms with Crippen LogP contribution in [0.4, 0.5) is 10.6 Å². The van der Waals surface area contributed by atoms with Crippen molar-refractivity contribution in [3.8, 4) is 5.88 Å². The average molecular weight is 408 g/mol. The predicted octanol–water partition coefficient (Wildman–Crippen LogP) is 1.56. The standard InChI is InChI=1S/C19H20N8O3/c28-19(29)25-6-4-15(5-7-25)30-18-10-17(20-11-21-18)26-8-3-13-9-14(1-2-16(13)26)27-12-22-23-24-27/h1,3,8-12,15-16H,2,4-7H2,(H,28,29). The van der Waals surface area contributed by atoms with Gasteiger partial charge in [0.15, 0.2) is 0 Å². The van der Waals surface area contributed by atoms with Gasteiger partial charge in [0.1, 0.15) is 24.6 Å². The van der Waals surface area contributed by atoms with E-state index in [0.717, 1.165) is 23.5 Å². The number of rotatable bonds is 4. The molecule has 0 radical (unpaired) electrons. The molecule has 0 spiro atoms. The monoisotopic (exact) mass is 408 g/mol. The first-order valence-electron chi connectivity index (χ1n) is 9.75. The number of fused-ring (bicyclic) bond motifs is 1. The summed E-state index contributed by atoms with van der Waals surface area (Å²) < 4.78 is 7.66. The maximum absolute atomic E-state index is 11.0. The van der Waals surface area contributed by atoms with Crippen LogP contribution >= 0.6 is 0 Å². The van der Waals surface area contributed by atoms with E-state index in [0.29, 0.717) is 31.8 Å². The highest BCUT2D eigenvalue weighted by molar-refractivity contribution is 5.67. The molecule has 154 valence electrons. The lowest BCUT2D eigenvalue weighted by atomic mass is 9.98. The summed E-state index contributed by atoms with van der Waals surface area (Å²) in [6.45, 7) is 0.942. The van der Waals surface area contributed by atoms with Crippen molar-refractivity contribution in [1.82, 2.24) is 35.1 Å². The zero-order valence-corrected chi connectivity index (χ0v) is 16.1. The number of hydrogen-bond acceptors (Lipinski definition) is 8. The van der Waals surface area contributed by atoms with Gasteiger partial charge in [-0.25, -0.2) is 19.4 Å². The van der Waals surface area contributed by atoms with Crippen LogP contribution in [0.3, 0.4) is 0 Å². The van der Waals surface area contributed by atoms with Gasteiger partial charge < -0.3 is 19.6 Å². The number of hydrogen-bond donors (Lipinski definition) is 1. The zero-order valence-electron chi connectivity index (χ0n) is 16.1.